The van der Waals surface area contributed by atoms with Crippen LogP contribution in [0, 0.1) is 0 Å². The number of carbonyl (C=O) groups is 1. The number of thiazole rings is 1. The molecule has 0 aliphatic carbocycles. The van der Waals surface area contributed by atoms with Crippen LogP contribution in [0.25, 0.3) is 0 Å². The SMILES string of the molecule is CC(C)c1csc(C2CCCN(C(=O)Cn3cnnn3)C2)n1. The summed E-state index contributed by atoms with van der Waals surface area (Å²) in [5, 5.41) is 14.2. The Morgan fingerprint density at radius 3 is 3.05 bits per heavy atom. The Hall–Kier alpha value is -1.83. The summed E-state index contributed by atoms with van der Waals surface area (Å²) >= 11 is 1.72. The van der Waals surface area contributed by atoms with Crippen molar-refractivity contribution in [3.05, 3.63) is 22.4 Å². The fourth-order valence-corrected chi connectivity index (χ4v) is 3.76. The van der Waals surface area contributed by atoms with E-state index in [1.54, 1.807) is 11.3 Å². The third kappa shape index (κ3) is 3.32. The molecule has 3 rings (SSSR count). The van der Waals surface area contributed by atoms with Gasteiger partial charge in [0.2, 0.25) is 5.91 Å². The van der Waals surface area contributed by atoms with E-state index in [1.165, 1.54) is 11.0 Å². The van der Waals surface area contributed by atoms with Crippen molar-refractivity contribution in [2.24, 2.45) is 0 Å². The number of tetrazole rings is 1. The highest BCUT2D eigenvalue weighted by Gasteiger charge is 2.27. The summed E-state index contributed by atoms with van der Waals surface area (Å²) in [5.41, 5.74) is 1.15. The van der Waals surface area contributed by atoms with Gasteiger partial charge in [0.05, 0.1) is 10.7 Å². The van der Waals surface area contributed by atoms with E-state index in [4.69, 9.17) is 4.98 Å². The molecular weight excluding hydrogens is 300 g/mol. The zero-order chi connectivity index (χ0) is 15.5. The van der Waals surface area contributed by atoms with Gasteiger partial charge in [0.1, 0.15) is 12.9 Å². The predicted octanol–water partition coefficient (Wildman–Crippen LogP) is 1.66. The van der Waals surface area contributed by atoms with Crippen molar-refractivity contribution in [2.75, 3.05) is 13.1 Å². The number of piperidine rings is 1. The zero-order valence-electron chi connectivity index (χ0n) is 12.8. The van der Waals surface area contributed by atoms with E-state index in [-0.39, 0.29) is 12.5 Å². The molecule has 1 fully saturated rings. The van der Waals surface area contributed by atoms with Crippen LogP contribution in [0.2, 0.25) is 0 Å². The molecule has 118 valence electrons. The maximum absolute atomic E-state index is 12.3. The minimum Gasteiger partial charge on any atom is -0.340 e. The van der Waals surface area contributed by atoms with Crippen molar-refractivity contribution in [2.45, 2.75) is 45.1 Å². The van der Waals surface area contributed by atoms with E-state index in [0.717, 1.165) is 36.6 Å². The average Bonchev–Trinajstić information content (AvgIpc) is 3.18. The fourth-order valence-electron chi connectivity index (χ4n) is 2.65. The fraction of sp³-hybridized carbons (Fsp3) is 0.643. The second kappa shape index (κ2) is 6.51. The molecule has 1 amide bonds. The normalized spacial score (nSPS) is 18.9. The van der Waals surface area contributed by atoms with Gasteiger partial charge in [-0.1, -0.05) is 13.8 Å². The number of carbonyl (C=O) groups excluding carboxylic acids is 1. The van der Waals surface area contributed by atoms with Gasteiger partial charge in [-0.2, -0.15) is 0 Å². The molecule has 0 bridgehead atoms. The van der Waals surface area contributed by atoms with E-state index in [0.29, 0.717) is 11.8 Å². The first-order chi connectivity index (χ1) is 10.6. The highest BCUT2D eigenvalue weighted by Crippen LogP contribution is 2.30. The van der Waals surface area contributed by atoms with E-state index in [1.807, 2.05) is 4.90 Å². The van der Waals surface area contributed by atoms with Gasteiger partial charge in [0.25, 0.3) is 0 Å². The van der Waals surface area contributed by atoms with Crippen LogP contribution in [-0.2, 0) is 11.3 Å². The summed E-state index contributed by atoms with van der Waals surface area (Å²) in [5.74, 6) is 0.868. The van der Waals surface area contributed by atoms with Gasteiger partial charge in [-0.05, 0) is 29.2 Å². The Labute approximate surface area is 133 Å². The number of nitrogens with zero attached hydrogens (tertiary/aromatic N) is 6. The number of rotatable bonds is 4. The molecular formula is C14H20N6OS. The Morgan fingerprint density at radius 1 is 1.50 bits per heavy atom. The van der Waals surface area contributed by atoms with Crippen molar-refractivity contribution >= 4 is 17.2 Å². The van der Waals surface area contributed by atoms with Gasteiger partial charge in [0, 0.05) is 24.4 Å². The lowest BCUT2D eigenvalue weighted by Gasteiger charge is -2.31. The molecule has 0 N–H and O–H groups in total. The lowest BCUT2D eigenvalue weighted by Crippen LogP contribution is -2.40. The van der Waals surface area contributed by atoms with Crippen LogP contribution in [0.4, 0.5) is 0 Å². The molecule has 0 spiro atoms. The lowest BCUT2D eigenvalue weighted by atomic mass is 9.98. The minimum atomic E-state index is 0.0673. The molecule has 22 heavy (non-hydrogen) atoms. The van der Waals surface area contributed by atoms with E-state index in [2.05, 4.69) is 34.8 Å². The average molecular weight is 320 g/mol. The monoisotopic (exact) mass is 320 g/mol. The molecule has 1 aliphatic rings. The zero-order valence-corrected chi connectivity index (χ0v) is 13.7. The molecule has 1 unspecified atom stereocenters. The molecule has 0 aromatic carbocycles. The number of likely N-dealkylation sites (tertiary alicyclic amines) is 1. The second-order valence-corrected chi connectivity index (χ2v) is 6.84. The first kappa shape index (κ1) is 15.1. The van der Waals surface area contributed by atoms with E-state index >= 15 is 0 Å². The van der Waals surface area contributed by atoms with Crippen molar-refractivity contribution < 1.29 is 4.79 Å². The molecule has 8 heteroatoms. The van der Waals surface area contributed by atoms with Gasteiger partial charge >= 0.3 is 0 Å². The number of hydrogen-bond donors (Lipinski definition) is 0. The van der Waals surface area contributed by atoms with Crippen LogP contribution in [0.15, 0.2) is 11.7 Å². The van der Waals surface area contributed by atoms with Crippen molar-refractivity contribution in [1.82, 2.24) is 30.1 Å². The summed E-state index contributed by atoms with van der Waals surface area (Å²) < 4.78 is 1.46. The highest BCUT2D eigenvalue weighted by atomic mass is 32.1. The minimum absolute atomic E-state index is 0.0673. The topological polar surface area (TPSA) is 76.8 Å². The maximum Gasteiger partial charge on any atom is 0.244 e. The van der Waals surface area contributed by atoms with Crippen LogP contribution >= 0.6 is 11.3 Å². The summed E-state index contributed by atoms with van der Waals surface area (Å²) in [4.78, 5) is 19.0. The quantitative estimate of drug-likeness (QED) is 0.856. The molecule has 0 radical (unpaired) electrons. The summed E-state index contributed by atoms with van der Waals surface area (Å²) in [6, 6.07) is 0. The van der Waals surface area contributed by atoms with Gasteiger partial charge in [0.15, 0.2) is 0 Å². The smallest absolute Gasteiger partial charge is 0.244 e. The molecule has 0 saturated carbocycles. The van der Waals surface area contributed by atoms with Crippen molar-refractivity contribution in [1.29, 1.82) is 0 Å². The van der Waals surface area contributed by atoms with Crippen LogP contribution < -0.4 is 0 Å². The molecule has 2 aromatic rings. The third-order valence-corrected chi connectivity index (χ3v) is 4.97. The third-order valence-electron chi connectivity index (χ3n) is 3.94. The summed E-state index contributed by atoms with van der Waals surface area (Å²) in [6.45, 7) is 6.06. The number of hydrogen-bond acceptors (Lipinski definition) is 6. The Morgan fingerprint density at radius 2 is 2.36 bits per heavy atom. The highest BCUT2D eigenvalue weighted by molar-refractivity contribution is 7.09. The molecule has 3 heterocycles. The molecule has 2 aromatic heterocycles. The van der Waals surface area contributed by atoms with E-state index < -0.39 is 0 Å². The van der Waals surface area contributed by atoms with Gasteiger partial charge in [-0.3, -0.25) is 4.79 Å². The summed E-state index contributed by atoms with van der Waals surface area (Å²) in [6.07, 6.45) is 3.58. The molecule has 7 nitrogen and oxygen atoms in total. The van der Waals surface area contributed by atoms with Crippen LogP contribution in [-0.4, -0.2) is 49.1 Å². The summed E-state index contributed by atoms with van der Waals surface area (Å²) in [7, 11) is 0. The first-order valence-corrected chi connectivity index (χ1v) is 8.45. The van der Waals surface area contributed by atoms with Crippen LogP contribution in [0.5, 0.6) is 0 Å². The van der Waals surface area contributed by atoms with Gasteiger partial charge < -0.3 is 4.90 Å². The number of aromatic nitrogens is 5. The van der Waals surface area contributed by atoms with Gasteiger partial charge in [-0.25, -0.2) is 9.67 Å². The van der Waals surface area contributed by atoms with Crippen molar-refractivity contribution in [3.8, 4) is 0 Å². The number of amides is 1. The Bertz CT molecular complexity index is 623. The molecule has 1 aliphatic heterocycles. The largest absolute Gasteiger partial charge is 0.340 e. The maximum atomic E-state index is 12.3. The Kier molecular flexibility index (Phi) is 4.47. The molecule has 1 atom stereocenters. The Balaban J connectivity index is 1.64. The van der Waals surface area contributed by atoms with E-state index in [9.17, 15) is 4.79 Å². The van der Waals surface area contributed by atoms with Gasteiger partial charge in [-0.15, -0.1) is 16.4 Å². The van der Waals surface area contributed by atoms with Crippen LogP contribution in [0.3, 0.4) is 0 Å². The lowest BCUT2D eigenvalue weighted by molar-refractivity contribution is -0.133. The molecule has 1 saturated heterocycles. The predicted molar refractivity (Wildman–Crippen MR) is 82.6 cm³/mol. The van der Waals surface area contributed by atoms with Crippen molar-refractivity contribution in [3.63, 3.8) is 0 Å². The standard InChI is InChI=1S/C14H20N6OS/c1-10(2)12-8-22-14(16-12)11-4-3-5-19(6-11)13(21)7-20-9-15-17-18-20/h8-11H,3-7H2,1-2H3. The second-order valence-electron chi connectivity index (χ2n) is 5.95. The van der Waals surface area contributed by atoms with Crippen LogP contribution in [0.1, 0.15) is 49.2 Å². The first-order valence-electron chi connectivity index (χ1n) is 7.57.